The standard InChI is InChI=1S/C11H17NOS/c13-8-11(9-3-1-4-9)12-7-10-5-2-6-14-10/h2,5-6,9,11-13H,1,3-4,7-8H2. The summed E-state index contributed by atoms with van der Waals surface area (Å²) in [6.45, 7) is 1.18. The van der Waals surface area contributed by atoms with Gasteiger partial charge in [0.15, 0.2) is 0 Å². The Kier molecular flexibility index (Phi) is 3.56. The Morgan fingerprint density at radius 1 is 1.57 bits per heavy atom. The number of hydrogen-bond donors (Lipinski definition) is 2. The summed E-state index contributed by atoms with van der Waals surface area (Å²) >= 11 is 1.77. The fraction of sp³-hybridized carbons (Fsp3) is 0.636. The van der Waals surface area contributed by atoms with E-state index in [2.05, 4.69) is 22.8 Å². The zero-order chi connectivity index (χ0) is 9.80. The van der Waals surface area contributed by atoms with Crippen LogP contribution >= 0.6 is 11.3 Å². The van der Waals surface area contributed by atoms with Gasteiger partial charge in [-0.3, -0.25) is 0 Å². The molecular weight excluding hydrogens is 194 g/mol. The van der Waals surface area contributed by atoms with Gasteiger partial charge in [-0.15, -0.1) is 11.3 Å². The van der Waals surface area contributed by atoms with Gasteiger partial charge in [0.05, 0.1) is 6.61 Å². The molecule has 2 nitrogen and oxygen atoms in total. The van der Waals surface area contributed by atoms with Gasteiger partial charge in [0.2, 0.25) is 0 Å². The summed E-state index contributed by atoms with van der Waals surface area (Å²) in [7, 11) is 0. The Hall–Kier alpha value is -0.380. The maximum atomic E-state index is 9.23. The molecule has 1 unspecified atom stereocenters. The molecule has 2 N–H and O–H groups in total. The Balaban J connectivity index is 1.77. The van der Waals surface area contributed by atoms with Gasteiger partial charge in [0.25, 0.3) is 0 Å². The second-order valence-corrected chi connectivity index (χ2v) is 4.97. The van der Waals surface area contributed by atoms with Gasteiger partial charge in [-0.05, 0) is 30.2 Å². The first kappa shape index (κ1) is 10.1. The molecule has 0 bridgehead atoms. The number of nitrogens with one attached hydrogen (secondary N) is 1. The number of rotatable bonds is 5. The maximum absolute atomic E-state index is 9.23. The Labute approximate surface area is 89.0 Å². The van der Waals surface area contributed by atoms with E-state index in [0.717, 1.165) is 6.54 Å². The average Bonchev–Trinajstić information content (AvgIpc) is 2.61. The number of aliphatic hydroxyl groups excluding tert-OH is 1. The molecule has 0 amide bonds. The van der Waals surface area contributed by atoms with Crippen molar-refractivity contribution in [3.05, 3.63) is 22.4 Å². The molecule has 0 spiro atoms. The van der Waals surface area contributed by atoms with Gasteiger partial charge < -0.3 is 10.4 Å². The van der Waals surface area contributed by atoms with E-state index < -0.39 is 0 Å². The summed E-state index contributed by atoms with van der Waals surface area (Å²) in [6, 6.07) is 4.51. The first-order chi connectivity index (χ1) is 6.90. The maximum Gasteiger partial charge on any atom is 0.0587 e. The van der Waals surface area contributed by atoms with E-state index >= 15 is 0 Å². The summed E-state index contributed by atoms with van der Waals surface area (Å²) in [5.74, 6) is 0.708. The normalized spacial score (nSPS) is 19.2. The van der Waals surface area contributed by atoms with Crippen LogP contribution < -0.4 is 5.32 Å². The Bertz CT molecular complexity index is 256. The molecule has 0 saturated heterocycles. The van der Waals surface area contributed by atoms with E-state index in [-0.39, 0.29) is 6.61 Å². The Morgan fingerprint density at radius 2 is 2.43 bits per heavy atom. The van der Waals surface area contributed by atoms with Crippen LogP contribution in [0, 0.1) is 5.92 Å². The molecule has 78 valence electrons. The predicted molar refractivity (Wildman–Crippen MR) is 59.4 cm³/mol. The first-order valence-corrected chi connectivity index (χ1v) is 6.14. The van der Waals surface area contributed by atoms with Crippen LogP contribution in [0.25, 0.3) is 0 Å². The third-order valence-electron chi connectivity index (χ3n) is 3.03. The summed E-state index contributed by atoms with van der Waals surface area (Å²) in [5, 5.41) is 14.8. The lowest BCUT2D eigenvalue weighted by Gasteiger charge is -2.33. The van der Waals surface area contributed by atoms with Crippen molar-refractivity contribution in [1.82, 2.24) is 5.32 Å². The molecule has 1 aliphatic rings. The summed E-state index contributed by atoms with van der Waals surface area (Å²) in [4.78, 5) is 1.35. The van der Waals surface area contributed by atoms with E-state index in [9.17, 15) is 5.11 Å². The predicted octanol–water partition coefficient (Wildman–Crippen LogP) is 2.00. The lowest BCUT2D eigenvalue weighted by Crippen LogP contribution is -2.41. The zero-order valence-corrected chi connectivity index (χ0v) is 9.09. The first-order valence-electron chi connectivity index (χ1n) is 5.27. The van der Waals surface area contributed by atoms with E-state index in [1.165, 1.54) is 24.1 Å². The van der Waals surface area contributed by atoms with Gasteiger partial charge in [0.1, 0.15) is 0 Å². The minimum atomic E-state index is 0.274. The van der Waals surface area contributed by atoms with Crippen molar-refractivity contribution in [2.75, 3.05) is 6.61 Å². The number of thiophene rings is 1. The van der Waals surface area contributed by atoms with Gasteiger partial charge in [0, 0.05) is 17.5 Å². The van der Waals surface area contributed by atoms with Crippen molar-refractivity contribution in [3.63, 3.8) is 0 Å². The van der Waals surface area contributed by atoms with Crippen molar-refractivity contribution < 1.29 is 5.11 Å². The molecule has 0 aliphatic heterocycles. The molecule has 1 heterocycles. The van der Waals surface area contributed by atoms with Gasteiger partial charge in [-0.25, -0.2) is 0 Å². The minimum Gasteiger partial charge on any atom is -0.395 e. The number of aliphatic hydroxyl groups is 1. The average molecular weight is 211 g/mol. The highest BCUT2D eigenvalue weighted by Crippen LogP contribution is 2.29. The van der Waals surface area contributed by atoms with Crippen LogP contribution in [0.5, 0.6) is 0 Å². The molecule has 3 heteroatoms. The fourth-order valence-corrected chi connectivity index (χ4v) is 2.52. The third-order valence-corrected chi connectivity index (χ3v) is 3.91. The highest BCUT2D eigenvalue weighted by molar-refractivity contribution is 7.09. The third kappa shape index (κ3) is 2.35. The largest absolute Gasteiger partial charge is 0.395 e. The van der Waals surface area contributed by atoms with Crippen LogP contribution in [0.2, 0.25) is 0 Å². The van der Waals surface area contributed by atoms with Crippen LogP contribution in [0.4, 0.5) is 0 Å². The monoisotopic (exact) mass is 211 g/mol. The minimum absolute atomic E-state index is 0.274. The SMILES string of the molecule is OCC(NCc1cccs1)C1CCC1. The highest BCUT2D eigenvalue weighted by atomic mass is 32.1. The van der Waals surface area contributed by atoms with Gasteiger partial charge in [-0.1, -0.05) is 12.5 Å². The van der Waals surface area contributed by atoms with Crippen molar-refractivity contribution in [1.29, 1.82) is 0 Å². The van der Waals surface area contributed by atoms with Crippen molar-refractivity contribution in [2.45, 2.75) is 31.8 Å². The molecule has 1 atom stereocenters. The molecule has 1 aromatic heterocycles. The summed E-state index contributed by atoms with van der Waals surface area (Å²) in [6.07, 6.45) is 3.90. The molecule has 1 saturated carbocycles. The number of hydrogen-bond acceptors (Lipinski definition) is 3. The van der Waals surface area contributed by atoms with E-state index in [1.54, 1.807) is 11.3 Å². The van der Waals surface area contributed by atoms with E-state index in [4.69, 9.17) is 0 Å². The molecule has 0 radical (unpaired) electrons. The van der Waals surface area contributed by atoms with Crippen LogP contribution in [0.15, 0.2) is 17.5 Å². The van der Waals surface area contributed by atoms with Crippen molar-refractivity contribution in [3.8, 4) is 0 Å². The van der Waals surface area contributed by atoms with Crippen LogP contribution in [-0.4, -0.2) is 17.8 Å². The molecule has 1 aromatic rings. The van der Waals surface area contributed by atoms with Crippen LogP contribution in [-0.2, 0) is 6.54 Å². The smallest absolute Gasteiger partial charge is 0.0587 e. The molecule has 0 aromatic carbocycles. The fourth-order valence-electron chi connectivity index (χ4n) is 1.87. The van der Waals surface area contributed by atoms with Crippen molar-refractivity contribution in [2.24, 2.45) is 5.92 Å². The van der Waals surface area contributed by atoms with Crippen LogP contribution in [0.3, 0.4) is 0 Å². The quantitative estimate of drug-likeness (QED) is 0.780. The molecular formula is C11H17NOS. The topological polar surface area (TPSA) is 32.3 Å². The summed E-state index contributed by atoms with van der Waals surface area (Å²) in [5.41, 5.74) is 0. The van der Waals surface area contributed by atoms with E-state index in [1.807, 2.05) is 0 Å². The molecule has 1 aliphatic carbocycles. The van der Waals surface area contributed by atoms with Crippen molar-refractivity contribution >= 4 is 11.3 Å². The molecule has 2 rings (SSSR count). The Morgan fingerprint density at radius 3 is 2.93 bits per heavy atom. The summed E-state index contributed by atoms with van der Waals surface area (Å²) < 4.78 is 0. The van der Waals surface area contributed by atoms with E-state index in [0.29, 0.717) is 12.0 Å². The highest BCUT2D eigenvalue weighted by Gasteiger charge is 2.26. The second-order valence-electron chi connectivity index (χ2n) is 3.94. The second kappa shape index (κ2) is 4.91. The molecule has 14 heavy (non-hydrogen) atoms. The van der Waals surface area contributed by atoms with Gasteiger partial charge in [-0.2, -0.15) is 0 Å². The van der Waals surface area contributed by atoms with Gasteiger partial charge >= 0.3 is 0 Å². The zero-order valence-electron chi connectivity index (χ0n) is 8.28. The van der Waals surface area contributed by atoms with Crippen LogP contribution in [0.1, 0.15) is 24.1 Å². The molecule has 1 fully saturated rings. The lowest BCUT2D eigenvalue weighted by atomic mass is 9.80. The lowest BCUT2D eigenvalue weighted by molar-refractivity contribution is 0.148.